The molecule has 0 unspecified atom stereocenters. The maximum absolute atomic E-state index is 12.2. The summed E-state index contributed by atoms with van der Waals surface area (Å²) in [5.41, 5.74) is 0.334. The largest absolute Gasteiger partial charge is 0.497 e. The summed E-state index contributed by atoms with van der Waals surface area (Å²) in [6.45, 7) is 2.91. The van der Waals surface area contributed by atoms with Crippen molar-refractivity contribution >= 4 is 11.9 Å². The molecule has 1 aliphatic heterocycles. The van der Waals surface area contributed by atoms with Crippen LogP contribution in [0.5, 0.6) is 5.75 Å². The number of rotatable bonds is 4. The lowest BCUT2D eigenvalue weighted by Gasteiger charge is -2.37. The van der Waals surface area contributed by atoms with E-state index in [9.17, 15) is 14.7 Å². The third kappa shape index (κ3) is 4.43. The normalized spacial score (nSPS) is 27.1. The van der Waals surface area contributed by atoms with Crippen molar-refractivity contribution in [2.24, 2.45) is 0 Å². The smallest absolute Gasteiger partial charge is 0.338 e. The van der Waals surface area contributed by atoms with Gasteiger partial charge in [0.2, 0.25) is 0 Å². The number of hydrogen-bond acceptors (Lipinski definition) is 7. The average molecular weight is 324 g/mol. The molecule has 7 heteroatoms. The van der Waals surface area contributed by atoms with Crippen molar-refractivity contribution in [3.8, 4) is 5.75 Å². The summed E-state index contributed by atoms with van der Waals surface area (Å²) in [4.78, 5) is 23.4. The van der Waals surface area contributed by atoms with Crippen LogP contribution in [0.25, 0.3) is 0 Å². The molecular formula is C16H20O7. The fraction of sp³-hybridized carbons (Fsp3) is 0.500. The molecule has 1 aromatic carbocycles. The molecule has 1 fully saturated rings. The van der Waals surface area contributed by atoms with E-state index in [2.05, 4.69) is 0 Å². The van der Waals surface area contributed by atoms with E-state index in [0.717, 1.165) is 0 Å². The standard InChI is InChI=1S/C16H20O7/c1-9-15(22-10(2)17)13(8-14(18)21-9)23-16(19)11-4-6-12(20-3)7-5-11/h4-7,9,13-15,18H,8H2,1-3H3/t9-,13+,14+,15-/m1/s1. The zero-order chi connectivity index (χ0) is 17.0. The van der Waals surface area contributed by atoms with E-state index in [1.807, 2.05) is 0 Å². The Morgan fingerprint density at radius 1 is 1.22 bits per heavy atom. The first-order valence-corrected chi connectivity index (χ1v) is 7.26. The summed E-state index contributed by atoms with van der Waals surface area (Å²) in [7, 11) is 1.53. The van der Waals surface area contributed by atoms with Crippen LogP contribution < -0.4 is 4.74 Å². The highest BCUT2D eigenvalue weighted by Gasteiger charge is 2.40. The van der Waals surface area contributed by atoms with Crippen molar-refractivity contribution in [2.75, 3.05) is 7.11 Å². The molecule has 1 aliphatic rings. The van der Waals surface area contributed by atoms with Gasteiger partial charge in [-0.1, -0.05) is 0 Å². The van der Waals surface area contributed by atoms with Crippen LogP contribution in [-0.4, -0.2) is 48.8 Å². The molecule has 0 spiro atoms. The van der Waals surface area contributed by atoms with Gasteiger partial charge in [-0.3, -0.25) is 4.79 Å². The molecule has 126 valence electrons. The molecule has 23 heavy (non-hydrogen) atoms. The van der Waals surface area contributed by atoms with E-state index < -0.39 is 36.5 Å². The molecular weight excluding hydrogens is 304 g/mol. The fourth-order valence-electron chi connectivity index (χ4n) is 2.43. The fourth-order valence-corrected chi connectivity index (χ4v) is 2.43. The second-order valence-corrected chi connectivity index (χ2v) is 5.28. The topological polar surface area (TPSA) is 91.3 Å². The monoisotopic (exact) mass is 324 g/mol. The molecule has 0 aromatic heterocycles. The van der Waals surface area contributed by atoms with Gasteiger partial charge in [0.05, 0.1) is 18.8 Å². The van der Waals surface area contributed by atoms with Crippen molar-refractivity contribution in [2.45, 2.75) is 44.9 Å². The minimum atomic E-state index is -1.08. The van der Waals surface area contributed by atoms with Crippen molar-refractivity contribution in [1.29, 1.82) is 0 Å². The summed E-state index contributed by atoms with van der Waals surface area (Å²) >= 11 is 0. The van der Waals surface area contributed by atoms with E-state index in [-0.39, 0.29) is 6.42 Å². The lowest BCUT2D eigenvalue weighted by Crippen LogP contribution is -2.50. The SMILES string of the molecule is COc1ccc(C(=O)O[C@H]2C[C@@H](O)O[C@H](C)[C@H]2OC(C)=O)cc1. The quantitative estimate of drug-likeness (QED) is 0.834. The first-order valence-electron chi connectivity index (χ1n) is 7.26. The van der Waals surface area contributed by atoms with Crippen LogP contribution >= 0.6 is 0 Å². The number of esters is 2. The predicted octanol–water partition coefficient (Wildman–Crippen LogP) is 1.28. The van der Waals surface area contributed by atoms with Gasteiger partial charge in [-0.2, -0.15) is 0 Å². The van der Waals surface area contributed by atoms with Crippen molar-refractivity contribution in [3.63, 3.8) is 0 Å². The van der Waals surface area contributed by atoms with Crippen molar-refractivity contribution < 1.29 is 33.6 Å². The van der Waals surface area contributed by atoms with Crippen molar-refractivity contribution in [1.82, 2.24) is 0 Å². The first-order chi connectivity index (χ1) is 10.9. The number of benzene rings is 1. The van der Waals surface area contributed by atoms with Gasteiger partial charge in [0, 0.05) is 13.3 Å². The highest BCUT2D eigenvalue weighted by molar-refractivity contribution is 5.89. The lowest BCUT2D eigenvalue weighted by molar-refractivity contribution is -0.235. The third-order valence-corrected chi connectivity index (χ3v) is 3.52. The van der Waals surface area contributed by atoms with E-state index >= 15 is 0 Å². The number of carbonyl (C=O) groups is 2. The van der Waals surface area contributed by atoms with Gasteiger partial charge < -0.3 is 24.1 Å². The second kappa shape index (κ2) is 7.43. The molecule has 7 nitrogen and oxygen atoms in total. The summed E-state index contributed by atoms with van der Waals surface area (Å²) in [6, 6.07) is 6.42. The molecule has 0 bridgehead atoms. The number of aliphatic hydroxyl groups is 1. The Kier molecular flexibility index (Phi) is 5.57. The minimum Gasteiger partial charge on any atom is -0.497 e. The number of methoxy groups -OCH3 is 1. The number of aliphatic hydroxyl groups excluding tert-OH is 1. The van der Waals surface area contributed by atoms with Crippen LogP contribution in [0.2, 0.25) is 0 Å². The van der Waals surface area contributed by atoms with Crippen LogP contribution in [-0.2, 0) is 19.0 Å². The molecule has 1 aromatic rings. The molecule has 0 aliphatic carbocycles. The number of carbonyl (C=O) groups excluding carboxylic acids is 2. The Morgan fingerprint density at radius 3 is 2.43 bits per heavy atom. The molecule has 1 heterocycles. The van der Waals surface area contributed by atoms with Gasteiger partial charge >= 0.3 is 11.9 Å². The van der Waals surface area contributed by atoms with Gasteiger partial charge in [-0.05, 0) is 31.2 Å². The maximum Gasteiger partial charge on any atom is 0.338 e. The van der Waals surface area contributed by atoms with Crippen LogP contribution in [0.4, 0.5) is 0 Å². The third-order valence-electron chi connectivity index (χ3n) is 3.52. The van der Waals surface area contributed by atoms with Crippen LogP contribution in [0.3, 0.4) is 0 Å². The Morgan fingerprint density at radius 2 is 1.87 bits per heavy atom. The van der Waals surface area contributed by atoms with Gasteiger partial charge in [-0.25, -0.2) is 4.79 Å². The van der Waals surface area contributed by atoms with Crippen molar-refractivity contribution in [3.05, 3.63) is 29.8 Å². The lowest BCUT2D eigenvalue weighted by atomic mass is 10.0. The summed E-state index contributed by atoms with van der Waals surface area (Å²) in [6.07, 6.45) is -3.18. The Hall–Kier alpha value is -2.12. The summed E-state index contributed by atoms with van der Waals surface area (Å²) < 4.78 is 20.8. The molecule has 2 rings (SSSR count). The molecule has 0 saturated carbocycles. The Labute approximate surface area is 134 Å². The maximum atomic E-state index is 12.2. The molecule has 0 radical (unpaired) electrons. The zero-order valence-electron chi connectivity index (χ0n) is 13.2. The molecule has 1 N–H and O–H groups in total. The van der Waals surface area contributed by atoms with Gasteiger partial charge in [0.1, 0.15) is 11.9 Å². The highest BCUT2D eigenvalue weighted by Crippen LogP contribution is 2.25. The van der Waals surface area contributed by atoms with E-state index in [4.69, 9.17) is 18.9 Å². The van der Waals surface area contributed by atoms with E-state index in [0.29, 0.717) is 11.3 Å². The van der Waals surface area contributed by atoms with E-state index in [1.54, 1.807) is 31.2 Å². The summed E-state index contributed by atoms with van der Waals surface area (Å²) in [5, 5.41) is 9.68. The molecule has 4 atom stereocenters. The van der Waals surface area contributed by atoms with E-state index in [1.165, 1.54) is 14.0 Å². The van der Waals surface area contributed by atoms with Gasteiger partial charge in [-0.15, -0.1) is 0 Å². The number of ether oxygens (including phenoxy) is 4. The van der Waals surface area contributed by atoms with Gasteiger partial charge in [0.25, 0.3) is 0 Å². The van der Waals surface area contributed by atoms with Gasteiger partial charge in [0.15, 0.2) is 12.4 Å². The Balaban J connectivity index is 2.09. The highest BCUT2D eigenvalue weighted by atomic mass is 16.7. The first kappa shape index (κ1) is 17.2. The van der Waals surface area contributed by atoms with Crippen LogP contribution in [0.15, 0.2) is 24.3 Å². The number of hydrogen-bond donors (Lipinski definition) is 1. The molecule has 1 saturated heterocycles. The Bertz CT molecular complexity index is 554. The second-order valence-electron chi connectivity index (χ2n) is 5.28. The average Bonchev–Trinajstić information content (AvgIpc) is 2.50. The zero-order valence-corrected chi connectivity index (χ0v) is 13.2. The van der Waals surface area contributed by atoms with Crippen LogP contribution in [0.1, 0.15) is 30.6 Å². The summed E-state index contributed by atoms with van der Waals surface area (Å²) in [5.74, 6) is -0.460. The molecule has 0 amide bonds. The minimum absolute atomic E-state index is 0.0319. The predicted molar refractivity (Wildman–Crippen MR) is 78.9 cm³/mol. The van der Waals surface area contributed by atoms with Crippen LogP contribution in [0, 0.1) is 0 Å².